The molecule has 1 aromatic heterocycles. The number of aryl methyl sites for hydroxylation is 1. The molecule has 6 heteroatoms. The van der Waals surface area contributed by atoms with Crippen LogP contribution in [0.2, 0.25) is 0 Å². The molecule has 0 spiro atoms. The number of halogens is 2. The van der Waals surface area contributed by atoms with Gasteiger partial charge in [-0.2, -0.15) is 0 Å². The highest BCUT2D eigenvalue weighted by molar-refractivity contribution is 9.11. The lowest BCUT2D eigenvalue weighted by Crippen LogP contribution is -2.17. The highest BCUT2D eigenvalue weighted by atomic mass is 79.9. The van der Waals surface area contributed by atoms with Gasteiger partial charge in [-0.15, -0.1) is 0 Å². The summed E-state index contributed by atoms with van der Waals surface area (Å²) >= 11 is 7.13. The number of imidazole rings is 1. The zero-order chi connectivity index (χ0) is 15.4. The summed E-state index contributed by atoms with van der Waals surface area (Å²) in [5, 5.41) is 0. The van der Waals surface area contributed by atoms with Crippen LogP contribution in [0.5, 0.6) is 5.75 Å². The first-order chi connectivity index (χ1) is 9.97. The molecule has 1 heterocycles. The van der Waals surface area contributed by atoms with E-state index in [1.807, 2.05) is 24.7 Å². The largest absolute Gasteiger partial charge is 0.491 e. The average molecular weight is 417 g/mol. The number of rotatable bonds is 6. The minimum absolute atomic E-state index is 0.138. The van der Waals surface area contributed by atoms with E-state index in [0.717, 1.165) is 33.4 Å². The molecule has 0 aliphatic carbocycles. The van der Waals surface area contributed by atoms with Crippen molar-refractivity contribution in [2.24, 2.45) is 12.8 Å². The van der Waals surface area contributed by atoms with E-state index in [1.54, 1.807) is 6.20 Å². The Morgan fingerprint density at radius 3 is 2.52 bits per heavy atom. The van der Waals surface area contributed by atoms with Gasteiger partial charge in [-0.1, -0.05) is 0 Å². The van der Waals surface area contributed by atoms with Crippen molar-refractivity contribution in [3.8, 4) is 5.75 Å². The van der Waals surface area contributed by atoms with Gasteiger partial charge in [-0.05, 0) is 62.9 Å². The summed E-state index contributed by atoms with van der Waals surface area (Å²) < 4.78 is 9.75. The summed E-state index contributed by atoms with van der Waals surface area (Å²) in [6.45, 7) is 2.58. The topological polar surface area (TPSA) is 53.1 Å². The first-order valence-electron chi connectivity index (χ1n) is 6.80. The molecule has 0 fully saturated rings. The molecule has 0 saturated carbocycles. The molecule has 21 heavy (non-hydrogen) atoms. The lowest BCUT2D eigenvalue weighted by atomic mass is 10.1. The van der Waals surface area contributed by atoms with E-state index in [-0.39, 0.29) is 6.04 Å². The van der Waals surface area contributed by atoms with Crippen molar-refractivity contribution in [2.45, 2.75) is 25.8 Å². The van der Waals surface area contributed by atoms with Crippen molar-refractivity contribution >= 4 is 31.9 Å². The molecule has 4 nitrogen and oxygen atoms in total. The summed E-state index contributed by atoms with van der Waals surface area (Å²) in [4.78, 5) is 4.28. The summed E-state index contributed by atoms with van der Waals surface area (Å²) in [7, 11) is 1.98. The molecule has 0 amide bonds. The van der Waals surface area contributed by atoms with E-state index in [2.05, 4.69) is 49.0 Å². The summed E-state index contributed by atoms with van der Waals surface area (Å²) in [6.07, 6.45) is 5.34. The normalized spacial score (nSPS) is 12.4. The lowest BCUT2D eigenvalue weighted by molar-refractivity contribution is 0.313. The number of aromatic nitrogens is 2. The third-order valence-corrected chi connectivity index (χ3v) is 4.29. The van der Waals surface area contributed by atoms with Gasteiger partial charge < -0.3 is 15.0 Å². The van der Waals surface area contributed by atoms with E-state index in [0.29, 0.717) is 6.61 Å². The Labute approximate surface area is 142 Å². The van der Waals surface area contributed by atoms with Gasteiger partial charge >= 0.3 is 0 Å². The van der Waals surface area contributed by atoms with Crippen molar-refractivity contribution in [1.82, 2.24) is 9.55 Å². The van der Waals surface area contributed by atoms with Crippen LogP contribution < -0.4 is 10.5 Å². The summed E-state index contributed by atoms with van der Waals surface area (Å²) in [5.74, 6) is 1.83. The molecule has 0 aliphatic rings. The Morgan fingerprint density at radius 1 is 1.33 bits per heavy atom. The molecule has 0 aliphatic heterocycles. The third-order valence-electron chi connectivity index (χ3n) is 3.11. The molecular formula is C15H19Br2N3O. The number of ether oxygens (including phenoxy) is 1. The van der Waals surface area contributed by atoms with Crippen LogP contribution in [-0.4, -0.2) is 22.2 Å². The molecule has 0 saturated heterocycles. The zero-order valence-electron chi connectivity index (χ0n) is 12.1. The standard InChI is InChI=1S/C15H19Br2N3O/c1-10(18)7-11-8-12(16)15(13(17)9-11)21-6-3-14-19-4-5-20(14)2/h4-5,8-10H,3,6-7,18H2,1-2H3. The Hall–Kier alpha value is -0.850. The van der Waals surface area contributed by atoms with E-state index in [1.165, 1.54) is 5.56 Å². The van der Waals surface area contributed by atoms with Crippen molar-refractivity contribution in [2.75, 3.05) is 6.61 Å². The van der Waals surface area contributed by atoms with E-state index < -0.39 is 0 Å². The lowest BCUT2D eigenvalue weighted by Gasteiger charge is -2.13. The maximum Gasteiger partial charge on any atom is 0.147 e. The maximum atomic E-state index is 5.88. The maximum absolute atomic E-state index is 5.88. The van der Waals surface area contributed by atoms with Gasteiger partial charge in [-0.25, -0.2) is 4.98 Å². The second-order valence-electron chi connectivity index (χ2n) is 5.12. The fourth-order valence-corrected chi connectivity index (χ4v) is 3.63. The van der Waals surface area contributed by atoms with E-state index in [4.69, 9.17) is 10.5 Å². The van der Waals surface area contributed by atoms with Gasteiger partial charge in [0.1, 0.15) is 11.6 Å². The minimum Gasteiger partial charge on any atom is -0.491 e. The van der Waals surface area contributed by atoms with Crippen LogP contribution in [-0.2, 0) is 19.9 Å². The van der Waals surface area contributed by atoms with Gasteiger partial charge in [-0.3, -0.25) is 0 Å². The number of nitrogens with two attached hydrogens (primary N) is 1. The number of nitrogens with zero attached hydrogens (tertiary/aromatic N) is 2. The third kappa shape index (κ3) is 4.56. The number of hydrogen-bond acceptors (Lipinski definition) is 3. The number of hydrogen-bond donors (Lipinski definition) is 1. The smallest absolute Gasteiger partial charge is 0.147 e. The second kappa shape index (κ2) is 7.42. The van der Waals surface area contributed by atoms with Crippen molar-refractivity contribution in [3.05, 3.63) is 44.9 Å². The molecule has 1 aromatic carbocycles. The Kier molecular flexibility index (Phi) is 5.84. The van der Waals surface area contributed by atoms with Gasteiger partial charge in [0, 0.05) is 31.9 Å². The van der Waals surface area contributed by atoms with E-state index in [9.17, 15) is 0 Å². The van der Waals surface area contributed by atoms with Gasteiger partial charge in [0.2, 0.25) is 0 Å². The zero-order valence-corrected chi connectivity index (χ0v) is 15.3. The van der Waals surface area contributed by atoms with Gasteiger partial charge in [0.15, 0.2) is 0 Å². The predicted molar refractivity (Wildman–Crippen MR) is 91.6 cm³/mol. The first-order valence-corrected chi connectivity index (χ1v) is 8.38. The fourth-order valence-electron chi connectivity index (χ4n) is 2.12. The molecule has 1 unspecified atom stereocenters. The second-order valence-corrected chi connectivity index (χ2v) is 6.83. The van der Waals surface area contributed by atoms with Crippen LogP contribution >= 0.6 is 31.9 Å². The first kappa shape index (κ1) is 16.5. The van der Waals surface area contributed by atoms with E-state index >= 15 is 0 Å². The molecule has 0 bridgehead atoms. The quantitative estimate of drug-likeness (QED) is 0.784. The van der Waals surface area contributed by atoms with Crippen LogP contribution in [0.4, 0.5) is 0 Å². The van der Waals surface area contributed by atoms with Gasteiger partial charge in [0.25, 0.3) is 0 Å². The van der Waals surface area contributed by atoms with Gasteiger partial charge in [0.05, 0.1) is 15.6 Å². The highest BCUT2D eigenvalue weighted by Gasteiger charge is 2.10. The minimum atomic E-state index is 0.138. The van der Waals surface area contributed by atoms with Crippen LogP contribution in [0.1, 0.15) is 18.3 Å². The van der Waals surface area contributed by atoms with Crippen molar-refractivity contribution < 1.29 is 4.74 Å². The SMILES string of the molecule is CC(N)Cc1cc(Br)c(OCCc2nccn2C)c(Br)c1. The monoisotopic (exact) mass is 415 g/mol. The molecular weight excluding hydrogens is 398 g/mol. The molecule has 2 rings (SSSR count). The molecule has 114 valence electrons. The van der Waals surface area contributed by atoms with Crippen LogP contribution in [0.25, 0.3) is 0 Å². The molecule has 0 radical (unpaired) electrons. The predicted octanol–water partition coefficient (Wildman–Crippen LogP) is 3.46. The summed E-state index contributed by atoms with van der Waals surface area (Å²) in [5.41, 5.74) is 7.02. The van der Waals surface area contributed by atoms with Crippen molar-refractivity contribution in [1.29, 1.82) is 0 Å². The molecule has 1 atom stereocenters. The van der Waals surface area contributed by atoms with Crippen LogP contribution in [0, 0.1) is 0 Å². The molecule has 2 aromatic rings. The fraction of sp³-hybridized carbons (Fsp3) is 0.400. The molecule has 2 N–H and O–H groups in total. The van der Waals surface area contributed by atoms with Crippen LogP contribution in [0.3, 0.4) is 0 Å². The Balaban J connectivity index is 2.01. The van der Waals surface area contributed by atoms with Crippen molar-refractivity contribution in [3.63, 3.8) is 0 Å². The highest BCUT2D eigenvalue weighted by Crippen LogP contribution is 2.35. The average Bonchev–Trinajstić information content (AvgIpc) is 2.77. The summed E-state index contributed by atoms with van der Waals surface area (Å²) in [6, 6.07) is 4.26. The Morgan fingerprint density at radius 2 is 2.00 bits per heavy atom. The Bertz CT molecular complexity index is 588. The van der Waals surface area contributed by atoms with Crippen LogP contribution in [0.15, 0.2) is 33.5 Å². The number of benzene rings is 1.